The van der Waals surface area contributed by atoms with E-state index in [-0.39, 0.29) is 1.43 Å². The number of amidine groups is 1. The summed E-state index contributed by atoms with van der Waals surface area (Å²) >= 11 is 0. The van der Waals surface area contributed by atoms with Crippen LogP contribution in [-0.4, -0.2) is 5.84 Å². The van der Waals surface area contributed by atoms with Crippen molar-refractivity contribution in [2.24, 2.45) is 10.7 Å². The minimum Gasteiger partial charge on any atom is -0.387 e. The van der Waals surface area contributed by atoms with Gasteiger partial charge in [0.2, 0.25) is 0 Å². The van der Waals surface area contributed by atoms with Crippen LogP contribution in [0.2, 0.25) is 0 Å². The number of hydrogen-bond donors (Lipinski definition) is 1. The topological polar surface area (TPSA) is 38.4 Å². The fourth-order valence-corrected chi connectivity index (χ4v) is 0.706. The molecule has 0 amide bonds. The first-order valence-corrected chi connectivity index (χ1v) is 4.15. The third-order valence-electron chi connectivity index (χ3n) is 1.06. The maximum absolute atomic E-state index is 5.37. The van der Waals surface area contributed by atoms with Crippen LogP contribution in [0.1, 0.15) is 22.2 Å². The molecule has 12 heavy (non-hydrogen) atoms. The number of hydrogen-bond acceptors (Lipinski definition) is 1. The normalized spacial score (nSPS) is 10.1. The SMILES string of the molecule is CC.CC(N)=Nc1ccccc1.[HH]. The Morgan fingerprint density at radius 2 is 1.75 bits per heavy atom. The summed E-state index contributed by atoms with van der Waals surface area (Å²) < 4.78 is 0. The number of nitrogens with zero attached hydrogens (tertiary/aromatic N) is 1. The minimum atomic E-state index is 0. The Morgan fingerprint density at radius 1 is 1.25 bits per heavy atom. The third kappa shape index (κ3) is 4.50. The van der Waals surface area contributed by atoms with Crippen molar-refractivity contribution in [3.05, 3.63) is 30.3 Å². The van der Waals surface area contributed by atoms with Gasteiger partial charge in [0.1, 0.15) is 0 Å². The van der Waals surface area contributed by atoms with Crippen LogP contribution in [0.25, 0.3) is 0 Å². The zero-order valence-electron chi connectivity index (χ0n) is 7.91. The Hall–Kier alpha value is -1.31. The van der Waals surface area contributed by atoms with E-state index in [4.69, 9.17) is 5.73 Å². The number of nitrogens with two attached hydrogens (primary N) is 1. The van der Waals surface area contributed by atoms with E-state index in [9.17, 15) is 0 Å². The number of para-hydroxylation sites is 1. The highest BCUT2D eigenvalue weighted by Crippen LogP contribution is 2.08. The molecule has 2 heteroatoms. The van der Waals surface area contributed by atoms with Gasteiger partial charge in [-0.15, -0.1) is 0 Å². The number of benzene rings is 1. The lowest BCUT2D eigenvalue weighted by Crippen LogP contribution is -2.03. The molecule has 0 heterocycles. The second-order valence-corrected chi connectivity index (χ2v) is 2.09. The zero-order chi connectivity index (χ0) is 9.40. The molecule has 0 saturated heterocycles. The third-order valence-corrected chi connectivity index (χ3v) is 1.06. The fraction of sp³-hybridized carbons (Fsp3) is 0.300. The van der Waals surface area contributed by atoms with Crippen LogP contribution in [0, 0.1) is 0 Å². The van der Waals surface area contributed by atoms with Crippen LogP contribution in [0.4, 0.5) is 5.69 Å². The molecule has 1 aromatic carbocycles. The van der Waals surface area contributed by atoms with E-state index in [1.54, 1.807) is 6.92 Å². The lowest BCUT2D eigenvalue weighted by atomic mass is 10.3. The highest BCUT2D eigenvalue weighted by molar-refractivity contribution is 5.80. The van der Waals surface area contributed by atoms with Crippen LogP contribution in [-0.2, 0) is 0 Å². The van der Waals surface area contributed by atoms with Crippen molar-refractivity contribution in [3.8, 4) is 0 Å². The second kappa shape index (κ2) is 6.40. The maximum Gasteiger partial charge on any atom is 0.0964 e. The van der Waals surface area contributed by atoms with Gasteiger partial charge in [-0.1, -0.05) is 32.0 Å². The highest BCUT2D eigenvalue weighted by atomic mass is 14.8. The van der Waals surface area contributed by atoms with Crippen LogP contribution in [0.15, 0.2) is 35.3 Å². The molecule has 1 aromatic rings. The van der Waals surface area contributed by atoms with Gasteiger partial charge >= 0.3 is 0 Å². The Labute approximate surface area is 75.6 Å². The molecule has 1 rings (SSSR count). The van der Waals surface area contributed by atoms with Gasteiger partial charge in [0.05, 0.1) is 11.5 Å². The van der Waals surface area contributed by atoms with Crippen molar-refractivity contribution in [1.82, 2.24) is 0 Å². The molecule has 0 bridgehead atoms. The molecular formula is C10H18N2. The van der Waals surface area contributed by atoms with Crippen molar-refractivity contribution in [2.75, 3.05) is 0 Å². The van der Waals surface area contributed by atoms with E-state index in [0.717, 1.165) is 5.69 Å². The molecule has 0 aliphatic heterocycles. The van der Waals surface area contributed by atoms with Crippen LogP contribution < -0.4 is 5.73 Å². The van der Waals surface area contributed by atoms with Crippen molar-refractivity contribution in [3.63, 3.8) is 0 Å². The molecule has 0 radical (unpaired) electrons. The molecule has 0 aromatic heterocycles. The standard InChI is InChI=1S/C8H10N2.C2H6.H2/c1-7(9)10-8-5-3-2-4-6-8;1-2;/h2-6H,1H3,(H2,9,10);1-2H3;1H. The lowest BCUT2D eigenvalue weighted by Gasteiger charge is -1.91. The van der Waals surface area contributed by atoms with Crippen molar-refractivity contribution >= 4 is 11.5 Å². The largest absolute Gasteiger partial charge is 0.387 e. The van der Waals surface area contributed by atoms with Gasteiger partial charge in [-0.2, -0.15) is 0 Å². The molecule has 0 aliphatic rings. The first-order chi connectivity index (χ1) is 5.79. The van der Waals surface area contributed by atoms with Gasteiger partial charge in [-0.25, -0.2) is 4.99 Å². The lowest BCUT2D eigenvalue weighted by molar-refractivity contribution is 1.45. The van der Waals surface area contributed by atoms with Gasteiger partial charge in [0.15, 0.2) is 0 Å². The van der Waals surface area contributed by atoms with E-state index in [0.29, 0.717) is 5.84 Å². The predicted octanol–water partition coefficient (Wildman–Crippen LogP) is 2.97. The molecule has 2 nitrogen and oxygen atoms in total. The fourth-order valence-electron chi connectivity index (χ4n) is 0.706. The van der Waals surface area contributed by atoms with Crippen LogP contribution >= 0.6 is 0 Å². The van der Waals surface area contributed by atoms with Crippen molar-refractivity contribution in [1.29, 1.82) is 0 Å². The van der Waals surface area contributed by atoms with Gasteiger partial charge in [0.25, 0.3) is 0 Å². The molecular weight excluding hydrogens is 148 g/mol. The Balaban J connectivity index is 0. The van der Waals surface area contributed by atoms with Crippen molar-refractivity contribution < 1.29 is 1.43 Å². The molecule has 0 atom stereocenters. The predicted molar refractivity (Wildman–Crippen MR) is 56.9 cm³/mol. The summed E-state index contributed by atoms with van der Waals surface area (Å²) in [4.78, 5) is 4.05. The molecule has 0 spiro atoms. The summed E-state index contributed by atoms with van der Waals surface area (Å²) in [6, 6.07) is 9.64. The van der Waals surface area contributed by atoms with E-state index in [2.05, 4.69) is 4.99 Å². The Bertz CT molecular complexity index is 228. The monoisotopic (exact) mass is 166 g/mol. The minimum absolute atomic E-state index is 0. The van der Waals surface area contributed by atoms with Gasteiger partial charge < -0.3 is 5.73 Å². The second-order valence-electron chi connectivity index (χ2n) is 2.09. The molecule has 2 N–H and O–H groups in total. The van der Waals surface area contributed by atoms with Crippen molar-refractivity contribution in [2.45, 2.75) is 20.8 Å². The van der Waals surface area contributed by atoms with Gasteiger partial charge in [-0.3, -0.25) is 0 Å². The molecule has 0 fully saturated rings. The summed E-state index contributed by atoms with van der Waals surface area (Å²) in [6.07, 6.45) is 0. The van der Waals surface area contributed by atoms with E-state index in [1.165, 1.54) is 0 Å². The summed E-state index contributed by atoms with van der Waals surface area (Å²) in [6.45, 7) is 5.77. The molecule has 0 unspecified atom stereocenters. The van der Waals surface area contributed by atoms with E-state index < -0.39 is 0 Å². The quantitative estimate of drug-likeness (QED) is 0.505. The average molecular weight is 166 g/mol. The average Bonchev–Trinajstić information content (AvgIpc) is 2.08. The molecule has 0 saturated carbocycles. The zero-order valence-corrected chi connectivity index (χ0v) is 7.91. The first-order valence-electron chi connectivity index (χ1n) is 4.15. The first kappa shape index (κ1) is 10.7. The summed E-state index contributed by atoms with van der Waals surface area (Å²) in [5.41, 5.74) is 6.28. The highest BCUT2D eigenvalue weighted by Gasteiger charge is 1.83. The molecule has 68 valence electrons. The Kier molecular flexibility index (Phi) is 5.70. The number of aliphatic imine (C=N–C) groups is 1. The van der Waals surface area contributed by atoms with Gasteiger partial charge in [-0.05, 0) is 19.1 Å². The van der Waals surface area contributed by atoms with Crippen LogP contribution in [0.5, 0.6) is 0 Å². The van der Waals surface area contributed by atoms with Gasteiger partial charge in [0, 0.05) is 1.43 Å². The van der Waals surface area contributed by atoms with E-state index in [1.807, 2.05) is 44.2 Å². The molecule has 0 aliphatic carbocycles. The number of rotatable bonds is 1. The summed E-state index contributed by atoms with van der Waals surface area (Å²) in [5.74, 6) is 0.589. The smallest absolute Gasteiger partial charge is 0.0964 e. The Morgan fingerprint density at radius 3 is 2.17 bits per heavy atom. The summed E-state index contributed by atoms with van der Waals surface area (Å²) in [7, 11) is 0. The van der Waals surface area contributed by atoms with Crippen LogP contribution in [0.3, 0.4) is 0 Å². The summed E-state index contributed by atoms with van der Waals surface area (Å²) in [5, 5.41) is 0. The maximum atomic E-state index is 5.37. The van der Waals surface area contributed by atoms with E-state index >= 15 is 0 Å².